The van der Waals surface area contributed by atoms with Crippen LogP contribution >= 0.6 is 35.4 Å². The van der Waals surface area contributed by atoms with Crippen LogP contribution in [0.2, 0.25) is 10.0 Å². The fourth-order valence-electron chi connectivity index (χ4n) is 2.73. The molecule has 1 heterocycles. The Balaban J connectivity index is 1.50. The van der Waals surface area contributed by atoms with Crippen molar-refractivity contribution in [1.29, 1.82) is 0 Å². The van der Waals surface area contributed by atoms with Gasteiger partial charge in [-0.25, -0.2) is 4.39 Å². The summed E-state index contributed by atoms with van der Waals surface area (Å²) in [6, 6.07) is 12.4. The lowest BCUT2D eigenvalue weighted by Crippen LogP contribution is -2.49. The van der Waals surface area contributed by atoms with Crippen molar-refractivity contribution in [1.82, 2.24) is 9.80 Å². The first-order valence-electron chi connectivity index (χ1n) is 7.99. The number of nitrogens with one attached hydrogen (secondary N) is 1. The van der Waals surface area contributed by atoms with Crippen LogP contribution in [0.1, 0.15) is 5.56 Å². The summed E-state index contributed by atoms with van der Waals surface area (Å²) >= 11 is 17.2. The third-order valence-corrected chi connectivity index (χ3v) is 5.05. The Kier molecular flexibility index (Phi) is 6.12. The number of piperazine rings is 1. The van der Waals surface area contributed by atoms with Gasteiger partial charge in [0, 0.05) is 43.4 Å². The molecule has 0 unspecified atom stereocenters. The minimum absolute atomic E-state index is 0.0839. The predicted octanol–water partition coefficient (Wildman–Crippen LogP) is 4.65. The Bertz CT molecular complexity index is 746. The topological polar surface area (TPSA) is 18.5 Å². The molecule has 1 fully saturated rings. The molecule has 1 aliphatic rings. The highest BCUT2D eigenvalue weighted by molar-refractivity contribution is 7.80. The maximum atomic E-state index is 13.2. The molecule has 1 N–H and O–H groups in total. The molecule has 0 bridgehead atoms. The largest absolute Gasteiger partial charge is 0.346 e. The van der Waals surface area contributed by atoms with E-state index in [9.17, 15) is 4.39 Å². The lowest BCUT2D eigenvalue weighted by molar-refractivity contribution is 0.177. The van der Waals surface area contributed by atoms with Crippen LogP contribution in [0.15, 0.2) is 42.5 Å². The minimum atomic E-state index is -0.436. The quantitative estimate of drug-likeness (QED) is 0.759. The zero-order chi connectivity index (χ0) is 17.8. The number of thiocarbonyl (C=S) groups is 1. The molecule has 0 radical (unpaired) electrons. The van der Waals surface area contributed by atoms with Crippen molar-refractivity contribution >= 4 is 46.2 Å². The highest BCUT2D eigenvalue weighted by Crippen LogP contribution is 2.20. The molecule has 3 nitrogen and oxygen atoms in total. The second-order valence-corrected chi connectivity index (χ2v) is 7.18. The zero-order valence-corrected chi connectivity index (χ0v) is 15.8. The van der Waals surface area contributed by atoms with Crippen molar-refractivity contribution in [2.24, 2.45) is 0 Å². The molecule has 0 amide bonds. The number of nitrogens with zero attached hydrogens (tertiary/aromatic N) is 2. The van der Waals surface area contributed by atoms with Gasteiger partial charge in [-0.15, -0.1) is 0 Å². The maximum Gasteiger partial charge on any atom is 0.173 e. The molecule has 0 aliphatic carbocycles. The van der Waals surface area contributed by atoms with Gasteiger partial charge in [0.1, 0.15) is 5.82 Å². The first-order chi connectivity index (χ1) is 12.0. The van der Waals surface area contributed by atoms with Gasteiger partial charge in [0.05, 0.1) is 5.02 Å². The molecule has 25 heavy (non-hydrogen) atoms. The van der Waals surface area contributed by atoms with E-state index in [1.165, 1.54) is 11.6 Å². The smallest absolute Gasteiger partial charge is 0.173 e. The first-order valence-corrected chi connectivity index (χ1v) is 9.15. The van der Waals surface area contributed by atoms with E-state index in [4.69, 9.17) is 35.4 Å². The Morgan fingerprint density at radius 2 is 1.72 bits per heavy atom. The van der Waals surface area contributed by atoms with Crippen LogP contribution in [0, 0.1) is 5.82 Å². The van der Waals surface area contributed by atoms with Crippen molar-refractivity contribution in [3.8, 4) is 0 Å². The van der Waals surface area contributed by atoms with Crippen LogP contribution < -0.4 is 5.32 Å². The van der Waals surface area contributed by atoms with Gasteiger partial charge in [0.2, 0.25) is 0 Å². The summed E-state index contributed by atoms with van der Waals surface area (Å²) in [7, 11) is 0. The van der Waals surface area contributed by atoms with Crippen LogP contribution in [0.5, 0.6) is 0 Å². The van der Waals surface area contributed by atoms with Crippen LogP contribution in [-0.4, -0.2) is 41.1 Å². The van der Waals surface area contributed by atoms with Crippen molar-refractivity contribution in [3.63, 3.8) is 0 Å². The molecular formula is C18H18Cl2FN3S. The first kappa shape index (κ1) is 18.4. The second kappa shape index (κ2) is 8.32. The molecule has 2 aromatic carbocycles. The molecule has 3 rings (SSSR count). The Morgan fingerprint density at radius 3 is 2.36 bits per heavy atom. The van der Waals surface area contributed by atoms with Crippen LogP contribution in [-0.2, 0) is 6.54 Å². The predicted molar refractivity (Wildman–Crippen MR) is 106 cm³/mol. The maximum absolute atomic E-state index is 13.2. The average Bonchev–Trinajstić information content (AvgIpc) is 2.61. The molecule has 1 saturated heterocycles. The third-order valence-electron chi connectivity index (χ3n) is 4.15. The highest BCUT2D eigenvalue weighted by atomic mass is 35.5. The SMILES string of the molecule is Fc1ccc(NC(=S)N2CCN(Cc3ccc(Cl)cc3)CC2)cc1Cl. The summed E-state index contributed by atoms with van der Waals surface area (Å²) in [5.41, 5.74) is 1.94. The molecule has 1 aliphatic heterocycles. The van der Waals surface area contributed by atoms with Crippen LogP contribution in [0.3, 0.4) is 0 Å². The van der Waals surface area contributed by atoms with Crippen molar-refractivity contribution in [3.05, 3.63) is 63.9 Å². The van der Waals surface area contributed by atoms with Gasteiger partial charge in [-0.2, -0.15) is 0 Å². The Labute approximate surface area is 162 Å². The van der Waals surface area contributed by atoms with Gasteiger partial charge < -0.3 is 10.2 Å². The molecule has 2 aromatic rings. The number of hydrogen-bond acceptors (Lipinski definition) is 2. The third kappa shape index (κ3) is 5.05. The average molecular weight is 398 g/mol. The number of halogens is 3. The molecule has 0 aromatic heterocycles. The summed E-state index contributed by atoms with van der Waals surface area (Å²) in [6.07, 6.45) is 0. The lowest BCUT2D eigenvalue weighted by atomic mass is 10.2. The van der Waals surface area contributed by atoms with E-state index in [2.05, 4.69) is 27.2 Å². The van der Waals surface area contributed by atoms with E-state index in [1.807, 2.05) is 12.1 Å². The van der Waals surface area contributed by atoms with Crippen LogP contribution in [0.25, 0.3) is 0 Å². The Hall–Kier alpha value is -1.40. The van der Waals surface area contributed by atoms with E-state index >= 15 is 0 Å². The van der Waals surface area contributed by atoms with E-state index in [0.717, 1.165) is 37.7 Å². The minimum Gasteiger partial charge on any atom is -0.346 e. The normalized spacial score (nSPS) is 15.2. The standard InChI is InChI=1S/C18H18Cl2FN3S/c19-14-3-1-13(2-4-14)12-23-7-9-24(10-8-23)18(25)22-15-5-6-17(21)16(20)11-15/h1-6,11H,7-10,12H2,(H,22,25). The lowest BCUT2D eigenvalue weighted by Gasteiger charge is -2.36. The zero-order valence-electron chi connectivity index (χ0n) is 13.5. The molecule has 0 saturated carbocycles. The van der Waals surface area contributed by atoms with E-state index in [1.54, 1.807) is 12.1 Å². The van der Waals surface area contributed by atoms with Gasteiger partial charge in [0.15, 0.2) is 5.11 Å². The van der Waals surface area contributed by atoms with Gasteiger partial charge in [-0.3, -0.25) is 4.90 Å². The molecule has 0 atom stereocenters. The monoisotopic (exact) mass is 397 g/mol. The van der Waals surface area contributed by atoms with Crippen LogP contribution in [0.4, 0.5) is 10.1 Å². The Morgan fingerprint density at radius 1 is 1.04 bits per heavy atom. The number of anilines is 1. The van der Waals surface area contributed by atoms with Gasteiger partial charge in [-0.1, -0.05) is 35.3 Å². The summed E-state index contributed by atoms with van der Waals surface area (Å²) < 4.78 is 13.2. The number of hydrogen-bond donors (Lipinski definition) is 1. The van der Waals surface area contributed by atoms with E-state index in [0.29, 0.717) is 10.8 Å². The van der Waals surface area contributed by atoms with E-state index < -0.39 is 5.82 Å². The molecule has 0 spiro atoms. The highest BCUT2D eigenvalue weighted by Gasteiger charge is 2.19. The van der Waals surface area contributed by atoms with Gasteiger partial charge >= 0.3 is 0 Å². The van der Waals surface area contributed by atoms with Crippen molar-refractivity contribution < 1.29 is 4.39 Å². The summed E-state index contributed by atoms with van der Waals surface area (Å²) in [5.74, 6) is -0.436. The van der Waals surface area contributed by atoms with Crippen molar-refractivity contribution in [2.75, 3.05) is 31.5 Å². The van der Waals surface area contributed by atoms with Crippen molar-refractivity contribution in [2.45, 2.75) is 6.54 Å². The summed E-state index contributed by atoms with van der Waals surface area (Å²) in [6.45, 7) is 4.44. The summed E-state index contributed by atoms with van der Waals surface area (Å²) in [5, 5.41) is 4.60. The fraction of sp³-hybridized carbons (Fsp3) is 0.278. The number of benzene rings is 2. The molecule has 132 valence electrons. The van der Waals surface area contributed by atoms with E-state index in [-0.39, 0.29) is 5.02 Å². The molecule has 7 heteroatoms. The second-order valence-electron chi connectivity index (χ2n) is 5.95. The van der Waals surface area contributed by atoms with Gasteiger partial charge in [-0.05, 0) is 48.1 Å². The van der Waals surface area contributed by atoms with Gasteiger partial charge in [0.25, 0.3) is 0 Å². The number of rotatable bonds is 3. The molecular weight excluding hydrogens is 380 g/mol. The fourth-order valence-corrected chi connectivity index (χ4v) is 3.34. The summed E-state index contributed by atoms with van der Waals surface area (Å²) in [4.78, 5) is 4.50.